The normalized spacial score (nSPS) is 13.0. The summed E-state index contributed by atoms with van der Waals surface area (Å²) in [5.74, 6) is 0. The van der Waals surface area contributed by atoms with Crippen LogP contribution in [0.3, 0.4) is 0 Å². The van der Waals surface area contributed by atoms with Crippen molar-refractivity contribution in [3.63, 3.8) is 0 Å². The number of para-hydroxylation sites is 2. The number of nitrogens with zero attached hydrogens (tertiary/aromatic N) is 3. The minimum Gasteiger partial charge on any atom is -0.338 e. The lowest BCUT2D eigenvalue weighted by molar-refractivity contribution is 0.419. The molecular formula is C23H22ClN3. The van der Waals surface area contributed by atoms with Crippen LogP contribution in [0.5, 0.6) is 0 Å². The molecule has 3 aromatic carbocycles. The Labute approximate surface area is 165 Å². The van der Waals surface area contributed by atoms with E-state index in [1.54, 1.807) is 0 Å². The summed E-state index contributed by atoms with van der Waals surface area (Å²) in [7, 11) is 4.19. The summed E-state index contributed by atoms with van der Waals surface area (Å²) in [6.07, 6.45) is 0. The van der Waals surface area contributed by atoms with Crippen LogP contribution < -0.4 is 4.90 Å². The van der Waals surface area contributed by atoms with E-state index >= 15 is 0 Å². The van der Waals surface area contributed by atoms with Crippen molar-refractivity contribution < 1.29 is 0 Å². The highest BCUT2D eigenvalue weighted by atomic mass is 35.5. The zero-order valence-electron chi connectivity index (χ0n) is 15.6. The van der Waals surface area contributed by atoms with E-state index in [1.807, 2.05) is 36.4 Å². The van der Waals surface area contributed by atoms with Gasteiger partial charge in [-0.2, -0.15) is 0 Å². The minimum atomic E-state index is 0.718. The van der Waals surface area contributed by atoms with Crippen LogP contribution in [0.25, 0.3) is 0 Å². The lowest BCUT2D eigenvalue weighted by atomic mass is 10.00. The summed E-state index contributed by atoms with van der Waals surface area (Å²) in [5, 5.41) is 0.718. The van der Waals surface area contributed by atoms with Crippen LogP contribution in [0.2, 0.25) is 5.02 Å². The Kier molecular flexibility index (Phi) is 4.97. The Bertz CT molecular complexity index is 980. The monoisotopic (exact) mass is 375 g/mol. The fourth-order valence-corrected chi connectivity index (χ4v) is 3.56. The number of halogens is 1. The summed E-state index contributed by atoms with van der Waals surface area (Å²) < 4.78 is 0. The molecule has 1 aliphatic rings. The van der Waals surface area contributed by atoms with Crippen molar-refractivity contribution in [2.75, 3.05) is 32.1 Å². The smallest absolute Gasteiger partial charge is 0.0874 e. The maximum absolute atomic E-state index is 6.39. The highest BCUT2D eigenvalue weighted by molar-refractivity contribution is 6.31. The molecule has 1 aliphatic heterocycles. The van der Waals surface area contributed by atoms with Crippen LogP contribution in [0.15, 0.2) is 77.8 Å². The average Bonchev–Trinajstić information content (AvgIpc) is 2.81. The van der Waals surface area contributed by atoms with Crippen molar-refractivity contribution >= 4 is 34.4 Å². The number of hydrogen-bond acceptors (Lipinski definition) is 3. The van der Waals surface area contributed by atoms with Gasteiger partial charge in [0.1, 0.15) is 0 Å². The Hall–Kier alpha value is -2.62. The maximum Gasteiger partial charge on any atom is 0.0874 e. The van der Waals surface area contributed by atoms with E-state index in [-0.39, 0.29) is 0 Å². The molecule has 0 atom stereocenters. The van der Waals surface area contributed by atoms with Gasteiger partial charge in [-0.3, -0.25) is 0 Å². The standard InChI is InChI=1S/C23H22ClN3/c1-26(2)14-15-27-21-13-12-18(24)16-19(21)23(17-8-4-3-5-9-17)25-20-10-6-7-11-22(20)27/h3-13,16H,14-15H2,1-2H3. The van der Waals surface area contributed by atoms with Gasteiger partial charge in [0.15, 0.2) is 0 Å². The van der Waals surface area contributed by atoms with Gasteiger partial charge < -0.3 is 9.80 Å². The molecule has 0 spiro atoms. The van der Waals surface area contributed by atoms with Crippen LogP contribution in [0.1, 0.15) is 11.1 Å². The third kappa shape index (κ3) is 3.61. The molecule has 1 heterocycles. The van der Waals surface area contributed by atoms with E-state index in [0.29, 0.717) is 0 Å². The molecule has 4 rings (SSSR count). The van der Waals surface area contributed by atoms with Gasteiger partial charge in [-0.25, -0.2) is 4.99 Å². The van der Waals surface area contributed by atoms with E-state index < -0.39 is 0 Å². The topological polar surface area (TPSA) is 18.8 Å². The molecule has 0 saturated heterocycles. The first-order valence-electron chi connectivity index (χ1n) is 9.09. The molecule has 4 heteroatoms. The van der Waals surface area contributed by atoms with E-state index in [0.717, 1.165) is 52.0 Å². The van der Waals surface area contributed by atoms with Crippen molar-refractivity contribution in [2.24, 2.45) is 4.99 Å². The quantitative estimate of drug-likeness (QED) is 0.597. The molecule has 0 bridgehead atoms. The molecule has 3 nitrogen and oxygen atoms in total. The highest BCUT2D eigenvalue weighted by Gasteiger charge is 2.24. The maximum atomic E-state index is 6.39. The zero-order valence-corrected chi connectivity index (χ0v) is 16.3. The Morgan fingerprint density at radius 1 is 0.889 bits per heavy atom. The van der Waals surface area contributed by atoms with Crippen LogP contribution >= 0.6 is 11.6 Å². The molecule has 0 amide bonds. The second-order valence-corrected chi connectivity index (χ2v) is 7.37. The zero-order chi connectivity index (χ0) is 18.8. The molecule has 3 aromatic rings. The van der Waals surface area contributed by atoms with Crippen molar-refractivity contribution in [2.45, 2.75) is 0 Å². The van der Waals surface area contributed by atoms with Crippen molar-refractivity contribution in [1.82, 2.24) is 4.90 Å². The summed E-state index contributed by atoms with van der Waals surface area (Å²) in [5.41, 5.74) is 6.33. The minimum absolute atomic E-state index is 0.718. The van der Waals surface area contributed by atoms with Crippen molar-refractivity contribution in [1.29, 1.82) is 0 Å². The van der Waals surface area contributed by atoms with Gasteiger partial charge in [-0.15, -0.1) is 0 Å². The summed E-state index contributed by atoms with van der Waals surface area (Å²) >= 11 is 6.39. The van der Waals surface area contributed by atoms with Gasteiger partial charge in [0, 0.05) is 29.2 Å². The summed E-state index contributed by atoms with van der Waals surface area (Å²) in [4.78, 5) is 9.62. The molecule has 0 N–H and O–H groups in total. The van der Waals surface area contributed by atoms with Crippen LogP contribution in [-0.2, 0) is 0 Å². The van der Waals surface area contributed by atoms with Gasteiger partial charge in [0.05, 0.1) is 22.8 Å². The predicted molar refractivity (Wildman–Crippen MR) is 115 cm³/mol. The number of rotatable bonds is 4. The van der Waals surface area contributed by atoms with E-state index in [4.69, 9.17) is 16.6 Å². The average molecular weight is 376 g/mol. The Morgan fingerprint density at radius 2 is 1.63 bits per heavy atom. The number of benzene rings is 3. The van der Waals surface area contributed by atoms with Crippen molar-refractivity contribution in [3.05, 3.63) is 88.9 Å². The first-order chi connectivity index (χ1) is 13.1. The molecule has 136 valence electrons. The molecule has 27 heavy (non-hydrogen) atoms. The Morgan fingerprint density at radius 3 is 2.41 bits per heavy atom. The third-order valence-electron chi connectivity index (χ3n) is 4.73. The van der Waals surface area contributed by atoms with Crippen LogP contribution in [0, 0.1) is 0 Å². The summed E-state index contributed by atoms with van der Waals surface area (Å²) in [6.45, 7) is 1.81. The lowest BCUT2D eigenvalue weighted by Crippen LogP contribution is -2.28. The molecule has 0 aromatic heterocycles. The predicted octanol–water partition coefficient (Wildman–Crippen LogP) is 5.52. The molecule has 0 saturated carbocycles. The summed E-state index contributed by atoms with van der Waals surface area (Å²) in [6, 6.07) is 24.7. The fraction of sp³-hybridized carbons (Fsp3) is 0.174. The second-order valence-electron chi connectivity index (χ2n) is 6.93. The van der Waals surface area contributed by atoms with Gasteiger partial charge in [0.25, 0.3) is 0 Å². The molecule has 0 fully saturated rings. The largest absolute Gasteiger partial charge is 0.338 e. The third-order valence-corrected chi connectivity index (χ3v) is 4.96. The Balaban J connectivity index is 1.95. The van der Waals surface area contributed by atoms with Gasteiger partial charge in [-0.1, -0.05) is 54.1 Å². The molecular weight excluding hydrogens is 354 g/mol. The molecule has 0 aliphatic carbocycles. The number of likely N-dealkylation sites (N-methyl/N-ethyl adjacent to an activating group) is 1. The lowest BCUT2D eigenvalue weighted by Gasteiger charge is -2.28. The highest BCUT2D eigenvalue weighted by Crippen LogP contribution is 2.41. The number of aliphatic imine (C=N–C) groups is 1. The van der Waals surface area contributed by atoms with Crippen LogP contribution in [0.4, 0.5) is 17.1 Å². The van der Waals surface area contributed by atoms with Crippen LogP contribution in [-0.4, -0.2) is 37.8 Å². The van der Waals surface area contributed by atoms with E-state index in [1.165, 1.54) is 0 Å². The first kappa shape index (κ1) is 17.8. The number of fused-ring (bicyclic) bond motifs is 2. The number of hydrogen-bond donors (Lipinski definition) is 0. The second kappa shape index (κ2) is 7.55. The van der Waals surface area contributed by atoms with Gasteiger partial charge in [-0.05, 0) is 44.4 Å². The van der Waals surface area contributed by atoms with Crippen molar-refractivity contribution in [3.8, 4) is 0 Å². The molecule has 0 unspecified atom stereocenters. The molecule has 0 radical (unpaired) electrons. The van der Waals surface area contributed by atoms with Gasteiger partial charge >= 0.3 is 0 Å². The fourth-order valence-electron chi connectivity index (χ4n) is 3.39. The number of anilines is 2. The van der Waals surface area contributed by atoms with E-state index in [9.17, 15) is 0 Å². The SMILES string of the molecule is CN(C)CCN1c2ccccc2N=C(c2ccccc2)c2cc(Cl)ccc21. The van der Waals surface area contributed by atoms with Gasteiger partial charge in [0.2, 0.25) is 0 Å². The van der Waals surface area contributed by atoms with E-state index in [2.05, 4.69) is 60.3 Å². The first-order valence-corrected chi connectivity index (χ1v) is 9.46.